The lowest BCUT2D eigenvalue weighted by atomic mass is 10.0. The van der Waals surface area contributed by atoms with Gasteiger partial charge < -0.3 is 19.6 Å². The van der Waals surface area contributed by atoms with Gasteiger partial charge in [-0.15, -0.1) is 0 Å². The van der Waals surface area contributed by atoms with Crippen molar-refractivity contribution in [3.8, 4) is 0 Å². The fourth-order valence-electron chi connectivity index (χ4n) is 14.0. The summed E-state index contributed by atoms with van der Waals surface area (Å²) in [5.41, 5.74) is 0. The van der Waals surface area contributed by atoms with Crippen LogP contribution >= 0.6 is 0 Å². The molecule has 0 atom stereocenters. The molecule has 4 nitrogen and oxygen atoms in total. The Hall–Kier alpha value is -0.160. The SMILES string of the molecule is CCCCCCCCCCCCCCCCCCN1CCN(CCCCCCCCCCCCCCCCCC)CCN(CCCCCCCCCCCCCCCCCC)CCN(CCCCCCCCCCCCCCCCCC)CC1. The first-order valence-electron chi connectivity index (χ1n) is 40.6. The molecule has 1 rings (SSSR count). The van der Waals surface area contributed by atoms with Gasteiger partial charge >= 0.3 is 0 Å². The van der Waals surface area contributed by atoms with Crippen molar-refractivity contribution < 1.29 is 0 Å². The van der Waals surface area contributed by atoms with Gasteiger partial charge in [0, 0.05) is 52.4 Å². The van der Waals surface area contributed by atoms with Crippen molar-refractivity contribution in [2.75, 3.05) is 78.5 Å². The van der Waals surface area contributed by atoms with Crippen LogP contribution in [0.25, 0.3) is 0 Å². The first kappa shape index (κ1) is 81.9. The molecule has 0 spiro atoms. The van der Waals surface area contributed by atoms with E-state index < -0.39 is 0 Å². The van der Waals surface area contributed by atoms with Crippen LogP contribution in [0.1, 0.15) is 439 Å². The van der Waals surface area contributed by atoms with Gasteiger partial charge in [0.05, 0.1) is 0 Å². The van der Waals surface area contributed by atoms with Gasteiger partial charge in [-0.1, -0.05) is 413 Å². The fourth-order valence-corrected chi connectivity index (χ4v) is 14.0. The highest BCUT2D eigenvalue weighted by atomic mass is 15.3. The van der Waals surface area contributed by atoms with Gasteiger partial charge in [0.2, 0.25) is 0 Å². The normalized spacial score (nSPS) is 14.7. The fraction of sp³-hybridized carbons (Fsp3) is 1.00. The maximum Gasteiger partial charge on any atom is 0.0110 e. The van der Waals surface area contributed by atoms with Gasteiger partial charge in [-0.2, -0.15) is 0 Å². The summed E-state index contributed by atoms with van der Waals surface area (Å²) in [4.78, 5) is 11.8. The summed E-state index contributed by atoms with van der Waals surface area (Å²) in [5.74, 6) is 0. The van der Waals surface area contributed by atoms with Crippen LogP contribution in [-0.2, 0) is 0 Å². The first-order valence-corrected chi connectivity index (χ1v) is 40.6. The van der Waals surface area contributed by atoms with Crippen molar-refractivity contribution in [1.82, 2.24) is 19.6 Å². The zero-order valence-corrected chi connectivity index (χ0v) is 59.5. The maximum absolute atomic E-state index is 2.95. The van der Waals surface area contributed by atoms with Gasteiger partial charge in [-0.25, -0.2) is 0 Å². The summed E-state index contributed by atoms with van der Waals surface area (Å²) < 4.78 is 0. The lowest BCUT2D eigenvalue weighted by Gasteiger charge is -2.34. The molecular formula is C80H164N4. The Labute approximate surface area is 534 Å². The summed E-state index contributed by atoms with van der Waals surface area (Å²) >= 11 is 0. The van der Waals surface area contributed by atoms with Crippen LogP contribution in [0.2, 0.25) is 0 Å². The summed E-state index contributed by atoms with van der Waals surface area (Å²) in [7, 11) is 0. The molecule has 1 heterocycles. The van der Waals surface area contributed by atoms with Gasteiger partial charge in [0.25, 0.3) is 0 Å². The second-order valence-electron chi connectivity index (χ2n) is 28.6. The van der Waals surface area contributed by atoms with Crippen LogP contribution in [0.3, 0.4) is 0 Å². The van der Waals surface area contributed by atoms with Crippen LogP contribution in [0, 0.1) is 0 Å². The Morgan fingerprint density at radius 1 is 0.119 bits per heavy atom. The van der Waals surface area contributed by atoms with Crippen LogP contribution in [-0.4, -0.2) is 98.1 Å². The minimum atomic E-state index is 1.28. The smallest absolute Gasteiger partial charge is 0.0110 e. The van der Waals surface area contributed by atoms with Gasteiger partial charge in [-0.05, 0) is 51.9 Å². The molecule has 0 aromatic rings. The van der Waals surface area contributed by atoms with E-state index in [9.17, 15) is 0 Å². The zero-order chi connectivity index (χ0) is 60.0. The molecule has 0 amide bonds. The third-order valence-corrected chi connectivity index (χ3v) is 20.2. The Morgan fingerprint density at radius 2 is 0.202 bits per heavy atom. The molecule has 0 unspecified atom stereocenters. The molecule has 1 aliphatic heterocycles. The van der Waals surface area contributed by atoms with E-state index in [1.807, 2.05) is 0 Å². The Bertz CT molecular complexity index is 968. The van der Waals surface area contributed by atoms with Crippen LogP contribution < -0.4 is 0 Å². The van der Waals surface area contributed by atoms with Crippen molar-refractivity contribution in [3.63, 3.8) is 0 Å². The van der Waals surface area contributed by atoms with Crippen molar-refractivity contribution in [2.45, 2.75) is 439 Å². The highest BCUT2D eigenvalue weighted by Gasteiger charge is 2.17. The van der Waals surface area contributed by atoms with Crippen molar-refractivity contribution in [2.24, 2.45) is 0 Å². The topological polar surface area (TPSA) is 13.0 Å². The summed E-state index contributed by atoms with van der Waals surface area (Å²) in [6.45, 7) is 24.9. The Balaban J connectivity index is 2.72. The highest BCUT2D eigenvalue weighted by Crippen LogP contribution is 2.20. The van der Waals surface area contributed by atoms with Gasteiger partial charge in [0.15, 0.2) is 0 Å². The average molecular weight is 1180 g/mol. The Morgan fingerprint density at radius 3 is 0.298 bits per heavy atom. The van der Waals surface area contributed by atoms with Gasteiger partial charge in [-0.3, -0.25) is 0 Å². The standard InChI is InChI=1S/C80H164N4/c1-5-9-13-17-21-25-29-33-37-41-45-49-53-57-61-65-69-81-73-75-82(70-66-62-58-54-50-46-42-38-34-30-26-22-18-14-10-6-2)77-79-84(72-68-64-60-56-52-48-44-40-36-32-28-24-20-16-12-8-4)80-78-83(76-74-81)71-67-63-59-55-51-47-43-39-35-31-27-23-19-15-11-7-3/h5-80H2,1-4H3. The number of rotatable bonds is 68. The van der Waals surface area contributed by atoms with E-state index in [1.165, 1.54) is 489 Å². The molecule has 0 radical (unpaired) electrons. The number of hydrogen-bond donors (Lipinski definition) is 0. The molecule has 4 heteroatoms. The van der Waals surface area contributed by atoms with E-state index in [4.69, 9.17) is 0 Å². The van der Waals surface area contributed by atoms with Gasteiger partial charge in [0.1, 0.15) is 0 Å². The summed E-state index contributed by atoms with van der Waals surface area (Å²) in [5, 5.41) is 0. The lowest BCUT2D eigenvalue weighted by Crippen LogP contribution is -2.46. The molecule has 1 aliphatic rings. The third kappa shape index (κ3) is 63.4. The van der Waals surface area contributed by atoms with E-state index in [2.05, 4.69) is 47.3 Å². The predicted octanol–water partition coefficient (Wildman–Crippen LogP) is 26.3. The monoisotopic (exact) mass is 1180 g/mol. The lowest BCUT2D eigenvalue weighted by molar-refractivity contribution is 0.129. The van der Waals surface area contributed by atoms with E-state index in [1.54, 1.807) is 0 Å². The quantitative estimate of drug-likeness (QED) is 0.0563. The van der Waals surface area contributed by atoms with Crippen molar-refractivity contribution in [3.05, 3.63) is 0 Å². The number of hydrogen-bond acceptors (Lipinski definition) is 4. The average Bonchev–Trinajstić information content (AvgIpc) is 3.51. The Kier molecular flexibility index (Phi) is 70.1. The largest absolute Gasteiger partial charge is 0.301 e. The van der Waals surface area contributed by atoms with E-state index >= 15 is 0 Å². The number of nitrogens with zero attached hydrogens (tertiary/aromatic N) is 4. The molecule has 1 saturated heterocycles. The molecule has 0 N–H and O–H groups in total. The zero-order valence-electron chi connectivity index (χ0n) is 59.5. The highest BCUT2D eigenvalue weighted by molar-refractivity contribution is 4.73. The van der Waals surface area contributed by atoms with Crippen LogP contribution in [0.15, 0.2) is 0 Å². The molecule has 0 aliphatic carbocycles. The number of unbranched alkanes of at least 4 members (excludes halogenated alkanes) is 60. The second kappa shape index (κ2) is 71.9. The van der Waals surface area contributed by atoms with E-state index in [0.717, 1.165) is 0 Å². The first-order chi connectivity index (χ1) is 41.7. The molecule has 0 saturated carbocycles. The third-order valence-electron chi connectivity index (χ3n) is 20.2. The maximum atomic E-state index is 2.95. The molecule has 84 heavy (non-hydrogen) atoms. The molecule has 1 fully saturated rings. The van der Waals surface area contributed by atoms with Crippen molar-refractivity contribution >= 4 is 0 Å². The molecule has 504 valence electrons. The second-order valence-corrected chi connectivity index (χ2v) is 28.6. The van der Waals surface area contributed by atoms with E-state index in [-0.39, 0.29) is 0 Å². The molecule has 0 aromatic carbocycles. The van der Waals surface area contributed by atoms with Crippen molar-refractivity contribution in [1.29, 1.82) is 0 Å². The molecule has 0 bridgehead atoms. The molecular weight excluding hydrogens is 1020 g/mol. The summed E-state index contributed by atoms with van der Waals surface area (Å²) in [6.07, 6.45) is 93.4. The minimum absolute atomic E-state index is 1.28. The van der Waals surface area contributed by atoms with E-state index in [0.29, 0.717) is 0 Å². The predicted molar refractivity (Wildman–Crippen MR) is 384 cm³/mol. The molecule has 0 aromatic heterocycles. The van der Waals surface area contributed by atoms with Crippen LogP contribution in [0.4, 0.5) is 0 Å². The van der Waals surface area contributed by atoms with Crippen LogP contribution in [0.5, 0.6) is 0 Å². The summed E-state index contributed by atoms with van der Waals surface area (Å²) in [6, 6.07) is 0. The minimum Gasteiger partial charge on any atom is -0.301 e.